The van der Waals surface area contributed by atoms with Crippen LogP contribution in [0.3, 0.4) is 0 Å². The van der Waals surface area contributed by atoms with E-state index in [1.54, 1.807) is 48.7 Å². The van der Waals surface area contributed by atoms with Crippen molar-refractivity contribution >= 4 is 44.3 Å². The van der Waals surface area contributed by atoms with Crippen LogP contribution < -0.4 is 10.1 Å². The molecule has 6 rings (SSSR count). The monoisotopic (exact) mass is 637 g/mol. The second-order valence-corrected chi connectivity index (χ2v) is 13.1. The average molecular weight is 638 g/mol. The van der Waals surface area contributed by atoms with Crippen LogP contribution in [-0.2, 0) is 14.8 Å². The summed E-state index contributed by atoms with van der Waals surface area (Å²) in [4.78, 5) is 13.2. The molecule has 228 valence electrons. The van der Waals surface area contributed by atoms with E-state index < -0.39 is 10.0 Å². The van der Waals surface area contributed by atoms with Gasteiger partial charge in [0.2, 0.25) is 5.91 Å². The van der Waals surface area contributed by atoms with Gasteiger partial charge in [0.15, 0.2) is 11.0 Å². The molecular weight excluding hydrogens is 607 g/mol. The van der Waals surface area contributed by atoms with Crippen LogP contribution in [0.1, 0.15) is 18.1 Å². The number of aryl methyl sites for hydroxylation is 1. The Labute approximate surface area is 265 Å². The number of ether oxygens (including phenoxy) is 1. The number of rotatable bonds is 10. The van der Waals surface area contributed by atoms with Gasteiger partial charge < -0.3 is 10.1 Å². The Kier molecular flexibility index (Phi) is 8.46. The molecule has 0 saturated heterocycles. The number of para-hydroxylation sites is 1. The first-order valence-electron chi connectivity index (χ1n) is 14.4. The van der Waals surface area contributed by atoms with E-state index in [4.69, 9.17) is 4.74 Å². The number of amides is 1. The lowest BCUT2D eigenvalue weighted by atomic mass is 10.1. The fourth-order valence-corrected chi connectivity index (χ4v) is 7.21. The molecule has 1 amide bonds. The number of aromatic nitrogens is 4. The number of fused-ring (bicyclic) bond motifs is 1. The van der Waals surface area contributed by atoms with Crippen LogP contribution in [0.2, 0.25) is 0 Å². The van der Waals surface area contributed by atoms with Crippen molar-refractivity contribution in [1.29, 1.82) is 0 Å². The highest BCUT2D eigenvalue weighted by atomic mass is 32.2. The van der Waals surface area contributed by atoms with Crippen molar-refractivity contribution < 1.29 is 17.9 Å². The van der Waals surface area contributed by atoms with Gasteiger partial charge in [0.05, 0.1) is 22.8 Å². The summed E-state index contributed by atoms with van der Waals surface area (Å²) < 4.78 is 36.3. The molecule has 0 bridgehead atoms. The summed E-state index contributed by atoms with van der Waals surface area (Å²) in [6.45, 7) is 6.43. The van der Waals surface area contributed by atoms with Crippen LogP contribution in [-0.4, -0.2) is 45.4 Å². The van der Waals surface area contributed by atoms with Crippen molar-refractivity contribution in [3.05, 3.63) is 114 Å². The van der Waals surface area contributed by atoms with Gasteiger partial charge in [-0.3, -0.25) is 9.36 Å². The Morgan fingerprint density at radius 2 is 1.62 bits per heavy atom. The van der Waals surface area contributed by atoms with E-state index in [0.717, 1.165) is 22.5 Å². The summed E-state index contributed by atoms with van der Waals surface area (Å²) in [5.41, 5.74) is 4.70. The summed E-state index contributed by atoms with van der Waals surface area (Å²) >= 11 is 1.24. The molecule has 0 aliphatic rings. The molecule has 0 aliphatic carbocycles. The summed E-state index contributed by atoms with van der Waals surface area (Å²) in [6.07, 6.45) is 1.59. The predicted octanol–water partition coefficient (Wildman–Crippen LogP) is 6.87. The Morgan fingerprint density at radius 1 is 0.889 bits per heavy atom. The first-order valence-corrected chi connectivity index (χ1v) is 16.8. The van der Waals surface area contributed by atoms with Crippen LogP contribution in [0.25, 0.3) is 28.0 Å². The third-order valence-electron chi connectivity index (χ3n) is 7.47. The molecule has 2 aromatic heterocycles. The lowest BCUT2D eigenvalue weighted by molar-refractivity contribution is -0.113. The van der Waals surface area contributed by atoms with Crippen LogP contribution in [0.15, 0.2) is 113 Å². The zero-order chi connectivity index (χ0) is 31.6. The van der Waals surface area contributed by atoms with Crippen LogP contribution in [0.4, 0.5) is 5.69 Å². The highest BCUT2D eigenvalue weighted by molar-refractivity contribution is 7.99. The minimum absolute atomic E-state index is 0.0900. The third kappa shape index (κ3) is 5.96. The van der Waals surface area contributed by atoms with E-state index in [1.165, 1.54) is 15.7 Å². The van der Waals surface area contributed by atoms with Gasteiger partial charge in [-0.2, -0.15) is 0 Å². The predicted molar refractivity (Wildman–Crippen MR) is 178 cm³/mol. The molecular formula is C34H31N5O4S2. The van der Waals surface area contributed by atoms with Crippen molar-refractivity contribution in [2.45, 2.75) is 30.8 Å². The molecule has 45 heavy (non-hydrogen) atoms. The Bertz CT molecular complexity index is 2100. The summed E-state index contributed by atoms with van der Waals surface area (Å²) in [5.74, 6) is 1.06. The van der Waals surface area contributed by atoms with Crippen molar-refractivity contribution in [2.75, 3.05) is 17.7 Å². The first kappa shape index (κ1) is 30.2. The van der Waals surface area contributed by atoms with Gasteiger partial charge in [0.25, 0.3) is 10.0 Å². The SMILES string of the molecule is CCOc1ccc(-n2c(SCC(=O)Nc3cccc(C)c3C)nnc2-c2cn(S(=O)(=O)c3ccccc3)c3ccccc23)cc1. The molecule has 0 unspecified atom stereocenters. The number of benzene rings is 4. The van der Waals surface area contributed by atoms with Crippen LogP contribution >= 0.6 is 11.8 Å². The minimum Gasteiger partial charge on any atom is -0.494 e. The minimum atomic E-state index is -3.91. The lowest BCUT2D eigenvalue weighted by Gasteiger charge is -2.12. The van der Waals surface area contributed by atoms with Gasteiger partial charge in [0, 0.05) is 28.5 Å². The maximum Gasteiger partial charge on any atom is 0.268 e. The van der Waals surface area contributed by atoms with E-state index in [0.29, 0.717) is 39.8 Å². The molecule has 2 heterocycles. The van der Waals surface area contributed by atoms with E-state index in [1.807, 2.05) is 79.9 Å². The van der Waals surface area contributed by atoms with Gasteiger partial charge in [-0.1, -0.05) is 60.3 Å². The van der Waals surface area contributed by atoms with Gasteiger partial charge in [0.1, 0.15) is 5.75 Å². The average Bonchev–Trinajstić information content (AvgIpc) is 3.65. The Morgan fingerprint density at radius 3 is 2.38 bits per heavy atom. The summed E-state index contributed by atoms with van der Waals surface area (Å²) in [5, 5.41) is 13.2. The van der Waals surface area contributed by atoms with Crippen LogP contribution in [0, 0.1) is 13.8 Å². The quantitative estimate of drug-likeness (QED) is 0.163. The smallest absolute Gasteiger partial charge is 0.268 e. The molecule has 0 radical (unpaired) electrons. The maximum absolute atomic E-state index is 13.8. The molecule has 0 atom stereocenters. The van der Waals surface area contributed by atoms with E-state index in [-0.39, 0.29) is 16.6 Å². The number of nitrogens with zero attached hydrogens (tertiary/aromatic N) is 4. The number of carbonyl (C=O) groups is 1. The second kappa shape index (κ2) is 12.6. The molecule has 4 aromatic carbocycles. The standard InChI is InChI=1S/C34H31N5O4S2/c1-4-43-26-19-17-25(18-20-26)39-33(36-37-34(39)44-22-32(40)35-30-15-10-11-23(2)24(30)3)29-21-38(31-16-9-8-14-28(29)31)45(41,42)27-12-6-5-7-13-27/h5-21H,4,22H2,1-3H3,(H,35,40). The van der Waals surface area contributed by atoms with Crippen molar-refractivity contribution in [1.82, 2.24) is 18.7 Å². The number of hydrogen-bond donors (Lipinski definition) is 1. The number of carbonyl (C=O) groups excluding carboxylic acids is 1. The molecule has 0 spiro atoms. The van der Waals surface area contributed by atoms with Crippen molar-refractivity contribution in [3.63, 3.8) is 0 Å². The number of nitrogens with one attached hydrogen (secondary N) is 1. The second-order valence-electron chi connectivity index (χ2n) is 10.3. The van der Waals surface area contributed by atoms with E-state index in [9.17, 15) is 13.2 Å². The van der Waals surface area contributed by atoms with Gasteiger partial charge in [-0.05, 0) is 80.4 Å². The molecule has 0 fully saturated rings. The largest absolute Gasteiger partial charge is 0.494 e. The summed E-state index contributed by atoms with van der Waals surface area (Å²) in [7, 11) is -3.91. The fraction of sp³-hybridized carbons (Fsp3) is 0.147. The summed E-state index contributed by atoms with van der Waals surface area (Å²) in [6, 6.07) is 28.9. The zero-order valence-electron chi connectivity index (χ0n) is 25.0. The topological polar surface area (TPSA) is 108 Å². The lowest BCUT2D eigenvalue weighted by Crippen LogP contribution is -2.15. The molecule has 9 nitrogen and oxygen atoms in total. The van der Waals surface area contributed by atoms with Crippen molar-refractivity contribution in [3.8, 4) is 22.8 Å². The van der Waals surface area contributed by atoms with E-state index >= 15 is 0 Å². The van der Waals surface area contributed by atoms with Gasteiger partial charge in [-0.15, -0.1) is 10.2 Å². The third-order valence-corrected chi connectivity index (χ3v) is 10.1. The molecule has 1 N–H and O–H groups in total. The fourth-order valence-electron chi connectivity index (χ4n) is 5.06. The normalized spacial score (nSPS) is 11.5. The molecule has 6 aromatic rings. The number of anilines is 1. The molecule has 0 aliphatic heterocycles. The maximum atomic E-state index is 13.8. The van der Waals surface area contributed by atoms with Crippen molar-refractivity contribution in [2.24, 2.45) is 0 Å². The molecule has 0 saturated carbocycles. The number of thioether (sulfide) groups is 1. The Balaban J connectivity index is 1.42. The van der Waals surface area contributed by atoms with Gasteiger partial charge >= 0.3 is 0 Å². The molecule has 11 heteroatoms. The zero-order valence-corrected chi connectivity index (χ0v) is 26.6. The van der Waals surface area contributed by atoms with Crippen LogP contribution in [0.5, 0.6) is 5.75 Å². The van der Waals surface area contributed by atoms with Gasteiger partial charge in [-0.25, -0.2) is 12.4 Å². The first-order chi connectivity index (χ1) is 21.8. The Hall–Kier alpha value is -4.87. The highest BCUT2D eigenvalue weighted by Gasteiger charge is 2.25. The number of hydrogen-bond acceptors (Lipinski definition) is 7. The highest BCUT2D eigenvalue weighted by Crippen LogP contribution is 2.36. The van der Waals surface area contributed by atoms with E-state index in [2.05, 4.69) is 15.5 Å².